The molecule has 4 rings (SSSR count). The molecule has 0 atom stereocenters. The van der Waals surface area contributed by atoms with E-state index in [0.29, 0.717) is 22.1 Å². The molecule has 0 bridgehead atoms. The first kappa shape index (κ1) is 15.8. The number of benzene rings is 3. The van der Waals surface area contributed by atoms with Crippen LogP contribution in [0.5, 0.6) is 11.5 Å². The molecule has 6 heteroatoms. The van der Waals surface area contributed by atoms with E-state index in [0.717, 1.165) is 10.4 Å². The van der Waals surface area contributed by atoms with Crippen LogP contribution in [-0.2, 0) is 0 Å². The SMILES string of the molecule is COc1cccc(/C=N/N2C(=O)c3cccc4cccc(c34)C2=O)c1O. The van der Waals surface area contributed by atoms with E-state index in [9.17, 15) is 14.7 Å². The van der Waals surface area contributed by atoms with Gasteiger partial charge in [-0.25, -0.2) is 0 Å². The van der Waals surface area contributed by atoms with E-state index >= 15 is 0 Å². The lowest BCUT2D eigenvalue weighted by Gasteiger charge is -2.23. The van der Waals surface area contributed by atoms with Crippen LogP contribution in [0.2, 0.25) is 0 Å². The number of amides is 2. The highest BCUT2D eigenvalue weighted by Gasteiger charge is 2.32. The van der Waals surface area contributed by atoms with E-state index in [-0.39, 0.29) is 11.5 Å². The van der Waals surface area contributed by atoms with Crippen molar-refractivity contribution in [3.63, 3.8) is 0 Å². The van der Waals surface area contributed by atoms with Crippen LogP contribution in [-0.4, -0.2) is 35.3 Å². The molecule has 3 aromatic carbocycles. The molecule has 1 N–H and O–H groups in total. The Hall–Kier alpha value is -3.67. The van der Waals surface area contributed by atoms with E-state index < -0.39 is 11.8 Å². The second-order valence-corrected chi connectivity index (χ2v) is 5.77. The van der Waals surface area contributed by atoms with Gasteiger partial charge in [0.2, 0.25) is 0 Å². The number of rotatable bonds is 3. The average molecular weight is 346 g/mol. The summed E-state index contributed by atoms with van der Waals surface area (Å²) in [5.41, 5.74) is 1.18. The molecule has 3 aromatic rings. The largest absolute Gasteiger partial charge is 0.504 e. The molecule has 0 spiro atoms. The molecule has 0 saturated heterocycles. The Morgan fingerprint density at radius 2 is 1.58 bits per heavy atom. The molecule has 0 unspecified atom stereocenters. The molecule has 6 nitrogen and oxygen atoms in total. The van der Waals surface area contributed by atoms with Crippen LogP contribution < -0.4 is 4.74 Å². The van der Waals surface area contributed by atoms with Crippen molar-refractivity contribution in [2.24, 2.45) is 5.10 Å². The maximum absolute atomic E-state index is 12.7. The van der Waals surface area contributed by atoms with Gasteiger partial charge >= 0.3 is 0 Å². The van der Waals surface area contributed by atoms with E-state index in [1.165, 1.54) is 13.3 Å². The molecule has 0 aromatic heterocycles. The smallest absolute Gasteiger partial charge is 0.282 e. The summed E-state index contributed by atoms with van der Waals surface area (Å²) in [4.78, 5) is 25.5. The fourth-order valence-electron chi connectivity index (χ4n) is 3.05. The number of para-hydroxylation sites is 1. The highest BCUT2D eigenvalue weighted by molar-refractivity contribution is 6.25. The van der Waals surface area contributed by atoms with Gasteiger partial charge in [-0.3, -0.25) is 9.59 Å². The van der Waals surface area contributed by atoms with Gasteiger partial charge in [0.15, 0.2) is 11.5 Å². The summed E-state index contributed by atoms with van der Waals surface area (Å²) < 4.78 is 5.05. The van der Waals surface area contributed by atoms with Crippen LogP contribution in [0.1, 0.15) is 26.3 Å². The Kier molecular flexibility index (Phi) is 3.65. The van der Waals surface area contributed by atoms with Crippen LogP contribution >= 0.6 is 0 Å². The van der Waals surface area contributed by atoms with Crippen molar-refractivity contribution in [2.75, 3.05) is 7.11 Å². The minimum atomic E-state index is -0.502. The fourth-order valence-corrected chi connectivity index (χ4v) is 3.05. The van der Waals surface area contributed by atoms with Crippen LogP contribution in [0.4, 0.5) is 0 Å². The molecular formula is C20H14N2O4. The molecule has 0 fully saturated rings. The Balaban J connectivity index is 1.78. The second kappa shape index (κ2) is 6.00. The van der Waals surface area contributed by atoms with Gasteiger partial charge in [0, 0.05) is 10.9 Å². The highest BCUT2D eigenvalue weighted by Crippen LogP contribution is 2.31. The van der Waals surface area contributed by atoms with Gasteiger partial charge in [-0.15, -0.1) is 0 Å². The number of carbonyl (C=O) groups excluding carboxylic acids is 2. The molecule has 26 heavy (non-hydrogen) atoms. The maximum Gasteiger partial charge on any atom is 0.282 e. The first-order valence-electron chi connectivity index (χ1n) is 7.92. The minimum absolute atomic E-state index is 0.113. The molecule has 1 aliphatic heterocycles. The number of aromatic hydroxyl groups is 1. The Morgan fingerprint density at radius 3 is 2.19 bits per heavy atom. The van der Waals surface area contributed by atoms with Crippen molar-refractivity contribution in [3.05, 3.63) is 71.3 Å². The molecule has 0 saturated carbocycles. The number of phenols is 1. The number of carbonyl (C=O) groups is 2. The van der Waals surface area contributed by atoms with E-state index in [1.807, 2.05) is 12.1 Å². The second-order valence-electron chi connectivity index (χ2n) is 5.77. The predicted molar refractivity (Wildman–Crippen MR) is 96.7 cm³/mol. The fraction of sp³-hybridized carbons (Fsp3) is 0.0500. The number of nitrogens with zero attached hydrogens (tertiary/aromatic N) is 2. The third-order valence-electron chi connectivity index (χ3n) is 4.31. The number of hydrogen-bond acceptors (Lipinski definition) is 5. The summed E-state index contributed by atoms with van der Waals surface area (Å²) in [7, 11) is 1.44. The zero-order valence-electron chi connectivity index (χ0n) is 13.8. The number of imide groups is 1. The van der Waals surface area contributed by atoms with Crippen LogP contribution in [0, 0.1) is 0 Å². The topological polar surface area (TPSA) is 79.2 Å². The summed E-state index contributed by atoms with van der Waals surface area (Å²) in [5.74, 6) is -0.839. The monoisotopic (exact) mass is 346 g/mol. The first-order chi connectivity index (χ1) is 12.6. The lowest BCUT2D eigenvalue weighted by Crippen LogP contribution is -2.36. The van der Waals surface area contributed by atoms with Gasteiger partial charge in [0.05, 0.1) is 24.5 Å². The molecule has 0 radical (unpaired) electrons. The van der Waals surface area contributed by atoms with Gasteiger partial charge in [-0.05, 0) is 29.7 Å². The normalized spacial score (nSPS) is 13.7. The molecule has 1 heterocycles. The van der Waals surface area contributed by atoms with E-state index in [1.54, 1.807) is 42.5 Å². The average Bonchev–Trinajstić information content (AvgIpc) is 2.67. The van der Waals surface area contributed by atoms with Crippen molar-refractivity contribution >= 4 is 28.8 Å². The maximum atomic E-state index is 12.7. The highest BCUT2D eigenvalue weighted by atomic mass is 16.5. The summed E-state index contributed by atoms with van der Waals surface area (Å²) >= 11 is 0. The van der Waals surface area contributed by atoms with Crippen molar-refractivity contribution in [1.82, 2.24) is 5.01 Å². The van der Waals surface area contributed by atoms with Crippen LogP contribution in [0.15, 0.2) is 59.7 Å². The van der Waals surface area contributed by atoms with Gasteiger partial charge < -0.3 is 9.84 Å². The van der Waals surface area contributed by atoms with Crippen LogP contribution in [0.25, 0.3) is 10.8 Å². The zero-order chi connectivity index (χ0) is 18.3. The summed E-state index contributed by atoms with van der Waals surface area (Å²) in [6.07, 6.45) is 1.27. The van der Waals surface area contributed by atoms with E-state index in [4.69, 9.17) is 4.74 Å². The molecule has 1 aliphatic rings. The van der Waals surface area contributed by atoms with Crippen LogP contribution in [0.3, 0.4) is 0 Å². The number of hydrazone groups is 1. The molecule has 0 aliphatic carbocycles. The number of methoxy groups -OCH3 is 1. The Morgan fingerprint density at radius 1 is 0.962 bits per heavy atom. The number of hydrogen-bond donors (Lipinski definition) is 1. The van der Waals surface area contributed by atoms with Gasteiger partial charge in [0.1, 0.15) is 0 Å². The number of ether oxygens (including phenoxy) is 1. The molecule has 128 valence electrons. The quantitative estimate of drug-likeness (QED) is 0.583. The van der Waals surface area contributed by atoms with Crippen molar-refractivity contribution in [1.29, 1.82) is 0 Å². The van der Waals surface area contributed by atoms with Gasteiger partial charge in [-0.2, -0.15) is 10.1 Å². The summed E-state index contributed by atoms with van der Waals surface area (Å²) in [6.45, 7) is 0. The van der Waals surface area contributed by atoms with Gasteiger partial charge in [0.25, 0.3) is 11.8 Å². The zero-order valence-corrected chi connectivity index (χ0v) is 13.8. The van der Waals surface area contributed by atoms with Crippen molar-refractivity contribution in [2.45, 2.75) is 0 Å². The van der Waals surface area contributed by atoms with Gasteiger partial charge in [-0.1, -0.05) is 30.3 Å². The third kappa shape index (κ3) is 2.31. The summed E-state index contributed by atoms with van der Waals surface area (Å²) in [6, 6.07) is 15.5. The summed E-state index contributed by atoms with van der Waals surface area (Å²) in [5, 5.41) is 16.4. The molecule has 2 amide bonds. The lowest BCUT2D eigenvalue weighted by atomic mass is 9.95. The standard InChI is InChI=1S/C20H14N2O4/c1-26-16-10-4-7-13(18(16)23)11-21-22-19(24)14-8-2-5-12-6-3-9-15(17(12)14)20(22)25/h2-11,23H,1H3/b21-11+. The minimum Gasteiger partial charge on any atom is -0.504 e. The van der Waals surface area contributed by atoms with Crippen molar-refractivity contribution < 1.29 is 19.4 Å². The Labute approximate surface area is 148 Å². The van der Waals surface area contributed by atoms with E-state index in [2.05, 4.69) is 5.10 Å². The Bertz CT molecular complexity index is 1040. The molecular weight excluding hydrogens is 332 g/mol. The third-order valence-corrected chi connectivity index (χ3v) is 4.31. The lowest BCUT2D eigenvalue weighted by molar-refractivity contribution is 0.0616. The van der Waals surface area contributed by atoms with Crippen molar-refractivity contribution in [3.8, 4) is 11.5 Å². The first-order valence-corrected chi connectivity index (χ1v) is 7.92. The number of phenolic OH excluding ortho intramolecular Hbond substituents is 1. The predicted octanol–water partition coefficient (Wildman–Crippen LogP) is 3.18.